The summed E-state index contributed by atoms with van der Waals surface area (Å²) in [5.41, 5.74) is 1.95. The first-order chi connectivity index (χ1) is 13.8. The summed E-state index contributed by atoms with van der Waals surface area (Å²) in [5, 5.41) is 8.11. The fourth-order valence-electron chi connectivity index (χ4n) is 3.22. The number of rotatable bonds is 9. The summed E-state index contributed by atoms with van der Waals surface area (Å²) in [4.78, 5) is 14.8. The molecule has 1 atom stereocenters. The average Bonchev–Trinajstić information content (AvgIpc) is 3.52. The Bertz CT molecular complexity index is 939. The molecule has 1 aliphatic carbocycles. The Labute approximate surface area is 171 Å². The van der Waals surface area contributed by atoms with Gasteiger partial charge in [0.15, 0.2) is 0 Å². The normalized spacial score (nSPS) is 15.2. The first-order valence-electron chi connectivity index (χ1n) is 9.55. The Morgan fingerprint density at radius 2 is 1.79 bits per heavy atom. The molecule has 0 bridgehead atoms. The van der Waals surface area contributed by atoms with Gasteiger partial charge in [-0.05, 0) is 55.2 Å². The van der Waals surface area contributed by atoms with Crippen molar-refractivity contribution in [2.45, 2.75) is 43.3 Å². The fourth-order valence-corrected chi connectivity index (χ4v) is 3.74. The van der Waals surface area contributed by atoms with Crippen molar-refractivity contribution in [3.05, 3.63) is 59.7 Å². The zero-order chi connectivity index (χ0) is 21.0. The minimum atomic E-state index is -3.72. The molecule has 1 saturated carbocycles. The first-order valence-corrected chi connectivity index (χ1v) is 11.1. The van der Waals surface area contributed by atoms with Crippen LogP contribution in [0.15, 0.2) is 53.4 Å². The first kappa shape index (κ1) is 21.3. The van der Waals surface area contributed by atoms with Gasteiger partial charge in [-0.3, -0.25) is 9.69 Å². The number of carbonyl (C=O) groups excluding carboxylic acids is 1. The number of benzene rings is 2. The van der Waals surface area contributed by atoms with E-state index in [1.807, 2.05) is 31.2 Å². The molecule has 2 aromatic carbocycles. The maximum atomic E-state index is 12.6. The molecular weight excluding hydrogens is 390 g/mol. The third-order valence-electron chi connectivity index (χ3n) is 5.04. The summed E-state index contributed by atoms with van der Waals surface area (Å²) < 4.78 is 27.9. The van der Waals surface area contributed by atoms with Crippen LogP contribution < -0.4 is 15.2 Å². The van der Waals surface area contributed by atoms with Gasteiger partial charge >= 0.3 is 0 Å². The van der Waals surface area contributed by atoms with E-state index in [-0.39, 0.29) is 16.8 Å². The number of ether oxygens (including phenoxy) is 1. The second-order valence-corrected chi connectivity index (χ2v) is 8.95. The number of carbonyl (C=O) groups is 1. The predicted molar refractivity (Wildman–Crippen MR) is 111 cm³/mol. The van der Waals surface area contributed by atoms with Crippen LogP contribution in [-0.2, 0) is 21.4 Å². The van der Waals surface area contributed by atoms with Gasteiger partial charge in [-0.2, -0.15) is 0 Å². The minimum absolute atomic E-state index is 0.0548. The lowest BCUT2D eigenvalue weighted by atomic mass is 10.1. The van der Waals surface area contributed by atoms with E-state index in [2.05, 4.69) is 10.2 Å². The van der Waals surface area contributed by atoms with Crippen LogP contribution in [0, 0.1) is 0 Å². The van der Waals surface area contributed by atoms with E-state index in [4.69, 9.17) is 9.88 Å². The number of methoxy groups -OCH3 is 1. The van der Waals surface area contributed by atoms with Crippen molar-refractivity contribution >= 4 is 15.9 Å². The standard InChI is InChI=1S/C21H27N3O4S/c1-15(17-5-11-20(12-6-17)29(22,26)27)23-21(25)14-24(18-7-8-18)13-16-3-9-19(28-2)10-4-16/h3-6,9-12,15,18H,7-8,13-14H2,1-2H3,(H,23,25)(H2,22,26,27)/t15-/m0/s1. The highest BCUT2D eigenvalue weighted by molar-refractivity contribution is 7.89. The van der Waals surface area contributed by atoms with Crippen molar-refractivity contribution in [1.29, 1.82) is 0 Å². The number of nitrogens with two attached hydrogens (primary N) is 1. The van der Waals surface area contributed by atoms with Gasteiger partial charge < -0.3 is 10.1 Å². The Hall–Kier alpha value is -2.42. The predicted octanol–water partition coefficient (Wildman–Crippen LogP) is 2.18. The van der Waals surface area contributed by atoms with Crippen molar-refractivity contribution in [1.82, 2.24) is 10.2 Å². The Morgan fingerprint density at radius 3 is 2.31 bits per heavy atom. The summed E-state index contributed by atoms with van der Waals surface area (Å²) in [5.74, 6) is 0.750. The van der Waals surface area contributed by atoms with E-state index >= 15 is 0 Å². The zero-order valence-corrected chi connectivity index (χ0v) is 17.5. The SMILES string of the molecule is COc1ccc(CN(CC(=O)N[C@@H](C)c2ccc(S(N)(=O)=O)cc2)C2CC2)cc1. The number of nitrogens with zero attached hydrogens (tertiary/aromatic N) is 1. The third-order valence-corrected chi connectivity index (χ3v) is 5.97. The lowest BCUT2D eigenvalue weighted by Crippen LogP contribution is -2.39. The van der Waals surface area contributed by atoms with Crippen LogP contribution in [0.2, 0.25) is 0 Å². The molecule has 0 aromatic heterocycles. The van der Waals surface area contributed by atoms with Crippen LogP contribution >= 0.6 is 0 Å². The number of amides is 1. The van der Waals surface area contributed by atoms with Gasteiger partial charge in [0.25, 0.3) is 0 Å². The molecule has 0 spiro atoms. The van der Waals surface area contributed by atoms with Crippen molar-refractivity contribution in [3.8, 4) is 5.75 Å². The Kier molecular flexibility index (Phi) is 6.56. The van der Waals surface area contributed by atoms with E-state index in [9.17, 15) is 13.2 Å². The number of hydrogen-bond acceptors (Lipinski definition) is 5. The van der Waals surface area contributed by atoms with Crippen LogP contribution in [-0.4, -0.2) is 38.9 Å². The van der Waals surface area contributed by atoms with Crippen LogP contribution in [0.4, 0.5) is 0 Å². The lowest BCUT2D eigenvalue weighted by Gasteiger charge is -2.23. The second-order valence-electron chi connectivity index (χ2n) is 7.39. The average molecular weight is 418 g/mol. The largest absolute Gasteiger partial charge is 0.497 e. The zero-order valence-electron chi connectivity index (χ0n) is 16.7. The number of sulfonamides is 1. The van der Waals surface area contributed by atoms with Gasteiger partial charge in [-0.25, -0.2) is 13.6 Å². The molecule has 0 saturated heterocycles. The summed E-state index contributed by atoms with van der Waals surface area (Å²) in [6.45, 7) is 2.89. The van der Waals surface area contributed by atoms with Gasteiger partial charge in [0.2, 0.25) is 15.9 Å². The van der Waals surface area contributed by atoms with Crippen molar-refractivity contribution < 1.29 is 17.9 Å². The molecule has 1 aliphatic rings. The molecule has 156 valence electrons. The number of hydrogen-bond donors (Lipinski definition) is 2. The van der Waals surface area contributed by atoms with Gasteiger partial charge in [0, 0.05) is 12.6 Å². The van der Waals surface area contributed by atoms with E-state index < -0.39 is 10.0 Å². The quantitative estimate of drug-likeness (QED) is 0.651. The Balaban J connectivity index is 1.58. The summed E-state index contributed by atoms with van der Waals surface area (Å²) in [7, 11) is -2.08. The highest BCUT2D eigenvalue weighted by Crippen LogP contribution is 2.28. The maximum absolute atomic E-state index is 12.6. The third kappa shape index (κ3) is 6.03. The van der Waals surface area contributed by atoms with E-state index in [0.717, 1.165) is 29.7 Å². The van der Waals surface area contributed by atoms with E-state index in [0.29, 0.717) is 19.1 Å². The molecule has 0 aliphatic heterocycles. The van der Waals surface area contributed by atoms with Crippen LogP contribution in [0.25, 0.3) is 0 Å². The molecule has 1 amide bonds. The topological polar surface area (TPSA) is 102 Å². The molecule has 1 fully saturated rings. The molecule has 7 nitrogen and oxygen atoms in total. The molecule has 3 rings (SSSR count). The molecule has 29 heavy (non-hydrogen) atoms. The molecule has 8 heteroatoms. The van der Waals surface area contributed by atoms with Crippen LogP contribution in [0.3, 0.4) is 0 Å². The molecule has 3 N–H and O–H groups in total. The van der Waals surface area contributed by atoms with E-state index in [1.54, 1.807) is 19.2 Å². The van der Waals surface area contributed by atoms with Crippen molar-refractivity contribution in [3.63, 3.8) is 0 Å². The highest BCUT2D eigenvalue weighted by Gasteiger charge is 2.30. The lowest BCUT2D eigenvalue weighted by molar-refractivity contribution is -0.123. The molecule has 0 radical (unpaired) electrons. The summed E-state index contributed by atoms with van der Waals surface area (Å²) in [6, 6.07) is 14.3. The van der Waals surface area contributed by atoms with Crippen molar-refractivity contribution in [2.75, 3.05) is 13.7 Å². The van der Waals surface area contributed by atoms with Crippen LogP contribution in [0.1, 0.15) is 36.9 Å². The second kappa shape index (κ2) is 8.94. The summed E-state index contributed by atoms with van der Waals surface area (Å²) >= 11 is 0. The van der Waals surface area contributed by atoms with Crippen molar-refractivity contribution in [2.24, 2.45) is 5.14 Å². The Morgan fingerprint density at radius 1 is 1.17 bits per heavy atom. The van der Waals surface area contributed by atoms with Crippen LogP contribution in [0.5, 0.6) is 5.75 Å². The number of nitrogens with one attached hydrogen (secondary N) is 1. The monoisotopic (exact) mass is 417 g/mol. The molecule has 0 unspecified atom stereocenters. The van der Waals surface area contributed by atoms with Gasteiger partial charge in [-0.15, -0.1) is 0 Å². The summed E-state index contributed by atoms with van der Waals surface area (Å²) in [6.07, 6.45) is 2.21. The molecule has 2 aromatic rings. The minimum Gasteiger partial charge on any atom is -0.497 e. The highest BCUT2D eigenvalue weighted by atomic mass is 32.2. The maximum Gasteiger partial charge on any atom is 0.238 e. The molecule has 0 heterocycles. The van der Waals surface area contributed by atoms with Gasteiger partial charge in [-0.1, -0.05) is 24.3 Å². The van der Waals surface area contributed by atoms with E-state index in [1.165, 1.54) is 12.1 Å². The smallest absolute Gasteiger partial charge is 0.238 e. The van der Waals surface area contributed by atoms with Gasteiger partial charge in [0.05, 0.1) is 24.6 Å². The fraction of sp³-hybridized carbons (Fsp3) is 0.381. The van der Waals surface area contributed by atoms with Gasteiger partial charge in [0.1, 0.15) is 5.75 Å². The molecular formula is C21H27N3O4S. The number of primary sulfonamides is 1.